The van der Waals surface area contributed by atoms with Crippen LogP contribution in [-0.4, -0.2) is 22.7 Å². The molecule has 0 bridgehead atoms. The zero-order valence-corrected chi connectivity index (χ0v) is 10.9. The summed E-state index contributed by atoms with van der Waals surface area (Å²) < 4.78 is 5.07. The summed E-state index contributed by atoms with van der Waals surface area (Å²) in [6.45, 7) is 2.61. The smallest absolute Gasteiger partial charge is 0.227 e. The zero-order chi connectivity index (χ0) is 12.8. The minimum absolute atomic E-state index is 0.150. The number of rotatable bonds is 4. The molecule has 18 heavy (non-hydrogen) atoms. The van der Waals surface area contributed by atoms with Gasteiger partial charge in [-0.2, -0.15) is 10.2 Å². The fourth-order valence-corrected chi connectivity index (χ4v) is 2.51. The number of nitriles is 1. The molecule has 5 heteroatoms. The van der Waals surface area contributed by atoms with E-state index in [0.717, 1.165) is 25.8 Å². The summed E-state index contributed by atoms with van der Waals surface area (Å²) in [4.78, 5) is 4.17. The van der Waals surface area contributed by atoms with Crippen molar-refractivity contribution >= 4 is 0 Å². The molecule has 0 spiro atoms. The second-order valence-electron chi connectivity index (χ2n) is 4.92. The highest BCUT2D eigenvalue weighted by Gasteiger charge is 2.22. The number of nitrogens with one attached hydrogen (secondary N) is 1. The van der Waals surface area contributed by atoms with Crippen LogP contribution < -0.4 is 5.32 Å². The molecule has 0 aliphatic heterocycles. The minimum Gasteiger partial charge on any atom is -0.339 e. The highest BCUT2D eigenvalue weighted by molar-refractivity contribution is 4.94. The van der Waals surface area contributed by atoms with Crippen molar-refractivity contribution < 1.29 is 4.52 Å². The lowest BCUT2D eigenvalue weighted by molar-refractivity contribution is 0.355. The largest absolute Gasteiger partial charge is 0.339 e. The second kappa shape index (κ2) is 6.50. The number of hydrogen-bond acceptors (Lipinski definition) is 5. The van der Waals surface area contributed by atoms with Crippen LogP contribution in [0.2, 0.25) is 0 Å². The third-order valence-electron chi connectivity index (χ3n) is 3.50. The SMILES string of the molecule is Cc1noc(CCNC2CCCCCC2C#N)n1. The van der Waals surface area contributed by atoms with E-state index in [-0.39, 0.29) is 5.92 Å². The third kappa shape index (κ3) is 3.54. The molecule has 0 radical (unpaired) electrons. The zero-order valence-electron chi connectivity index (χ0n) is 10.9. The van der Waals surface area contributed by atoms with E-state index in [0.29, 0.717) is 17.8 Å². The van der Waals surface area contributed by atoms with Gasteiger partial charge in [0.1, 0.15) is 0 Å². The molecule has 5 nitrogen and oxygen atoms in total. The number of nitrogens with zero attached hydrogens (tertiary/aromatic N) is 3. The summed E-state index contributed by atoms with van der Waals surface area (Å²) in [6.07, 6.45) is 6.50. The molecule has 1 fully saturated rings. The average Bonchev–Trinajstić information content (AvgIpc) is 2.64. The van der Waals surface area contributed by atoms with E-state index in [1.165, 1.54) is 19.3 Å². The van der Waals surface area contributed by atoms with Crippen LogP contribution in [0, 0.1) is 24.2 Å². The highest BCUT2D eigenvalue weighted by Crippen LogP contribution is 2.22. The first-order chi connectivity index (χ1) is 8.79. The van der Waals surface area contributed by atoms with E-state index >= 15 is 0 Å². The molecule has 1 aromatic rings. The molecule has 98 valence electrons. The van der Waals surface area contributed by atoms with Gasteiger partial charge in [-0.25, -0.2) is 0 Å². The van der Waals surface area contributed by atoms with Crippen molar-refractivity contribution in [3.8, 4) is 6.07 Å². The Balaban J connectivity index is 1.79. The number of hydrogen-bond donors (Lipinski definition) is 1. The van der Waals surface area contributed by atoms with Crippen LogP contribution in [0.1, 0.15) is 43.8 Å². The van der Waals surface area contributed by atoms with Crippen LogP contribution in [0.25, 0.3) is 0 Å². The summed E-state index contributed by atoms with van der Waals surface area (Å²) in [5.74, 6) is 1.49. The van der Waals surface area contributed by atoms with Crippen molar-refractivity contribution in [3.05, 3.63) is 11.7 Å². The summed E-state index contributed by atoms with van der Waals surface area (Å²) >= 11 is 0. The van der Waals surface area contributed by atoms with Gasteiger partial charge in [-0.05, 0) is 19.8 Å². The minimum atomic E-state index is 0.150. The van der Waals surface area contributed by atoms with Gasteiger partial charge in [0.2, 0.25) is 5.89 Å². The normalized spacial score (nSPS) is 24.4. The Morgan fingerprint density at radius 1 is 1.39 bits per heavy atom. The van der Waals surface area contributed by atoms with E-state index in [9.17, 15) is 5.26 Å². The van der Waals surface area contributed by atoms with Crippen LogP contribution in [0.3, 0.4) is 0 Å². The monoisotopic (exact) mass is 248 g/mol. The first-order valence-corrected chi connectivity index (χ1v) is 6.72. The molecule has 1 saturated carbocycles. The average molecular weight is 248 g/mol. The Morgan fingerprint density at radius 3 is 2.94 bits per heavy atom. The topological polar surface area (TPSA) is 74.7 Å². The molecule has 1 aliphatic carbocycles. The maximum Gasteiger partial charge on any atom is 0.227 e. The molecule has 1 aliphatic rings. The molecule has 1 aromatic heterocycles. The maximum absolute atomic E-state index is 9.18. The van der Waals surface area contributed by atoms with E-state index in [2.05, 4.69) is 21.5 Å². The molecule has 0 saturated heterocycles. The van der Waals surface area contributed by atoms with Crippen LogP contribution in [-0.2, 0) is 6.42 Å². The van der Waals surface area contributed by atoms with E-state index in [1.54, 1.807) is 0 Å². The van der Waals surface area contributed by atoms with E-state index in [1.807, 2.05) is 6.92 Å². The van der Waals surface area contributed by atoms with Crippen molar-refractivity contribution in [1.29, 1.82) is 5.26 Å². The quantitative estimate of drug-likeness (QED) is 0.825. The van der Waals surface area contributed by atoms with Crippen molar-refractivity contribution in [3.63, 3.8) is 0 Å². The fourth-order valence-electron chi connectivity index (χ4n) is 2.51. The summed E-state index contributed by atoms with van der Waals surface area (Å²) in [5, 5.41) is 16.4. The Kier molecular flexibility index (Phi) is 4.71. The van der Waals surface area contributed by atoms with Crippen molar-refractivity contribution in [2.24, 2.45) is 5.92 Å². The highest BCUT2D eigenvalue weighted by atomic mass is 16.5. The van der Waals surface area contributed by atoms with Crippen LogP contribution in [0.15, 0.2) is 4.52 Å². The second-order valence-corrected chi connectivity index (χ2v) is 4.92. The van der Waals surface area contributed by atoms with Crippen molar-refractivity contribution in [2.45, 2.75) is 51.5 Å². The molecule has 0 aromatic carbocycles. The molecule has 2 rings (SSSR count). The first kappa shape index (κ1) is 13.0. The summed E-state index contributed by atoms with van der Waals surface area (Å²) in [6, 6.07) is 2.75. The lowest BCUT2D eigenvalue weighted by Gasteiger charge is -2.20. The van der Waals surface area contributed by atoms with Crippen molar-refractivity contribution in [2.75, 3.05) is 6.54 Å². The maximum atomic E-state index is 9.18. The van der Waals surface area contributed by atoms with Gasteiger partial charge < -0.3 is 9.84 Å². The summed E-state index contributed by atoms with van der Waals surface area (Å²) in [7, 11) is 0. The van der Waals surface area contributed by atoms with Gasteiger partial charge in [0.05, 0.1) is 12.0 Å². The van der Waals surface area contributed by atoms with Gasteiger partial charge in [-0.3, -0.25) is 0 Å². The Bertz CT molecular complexity index is 409. The van der Waals surface area contributed by atoms with E-state index in [4.69, 9.17) is 4.52 Å². The standard InChI is InChI=1S/C13H20N4O/c1-10-16-13(18-17-10)7-8-15-12-6-4-2-3-5-11(12)9-14/h11-12,15H,2-8H2,1H3. The molecule has 2 atom stereocenters. The predicted octanol–water partition coefficient (Wildman–Crippen LogP) is 1.98. The van der Waals surface area contributed by atoms with Gasteiger partial charge in [0.15, 0.2) is 5.82 Å². The lowest BCUT2D eigenvalue weighted by atomic mass is 9.96. The lowest BCUT2D eigenvalue weighted by Crippen LogP contribution is -2.36. The summed E-state index contributed by atoms with van der Waals surface area (Å²) in [5.41, 5.74) is 0. The van der Waals surface area contributed by atoms with Gasteiger partial charge in [-0.15, -0.1) is 0 Å². The third-order valence-corrected chi connectivity index (χ3v) is 3.50. The van der Waals surface area contributed by atoms with Crippen LogP contribution >= 0.6 is 0 Å². The molecule has 1 heterocycles. The van der Waals surface area contributed by atoms with E-state index < -0.39 is 0 Å². The molecule has 2 unspecified atom stereocenters. The fraction of sp³-hybridized carbons (Fsp3) is 0.769. The van der Waals surface area contributed by atoms with Crippen molar-refractivity contribution in [1.82, 2.24) is 15.5 Å². The molecular weight excluding hydrogens is 228 g/mol. The molecule has 0 amide bonds. The van der Waals surface area contributed by atoms with Gasteiger partial charge in [0, 0.05) is 19.0 Å². The Morgan fingerprint density at radius 2 is 2.22 bits per heavy atom. The number of aromatic nitrogens is 2. The Labute approximate surface area is 108 Å². The molecular formula is C13H20N4O. The van der Waals surface area contributed by atoms with Gasteiger partial charge >= 0.3 is 0 Å². The van der Waals surface area contributed by atoms with Crippen LogP contribution in [0.4, 0.5) is 0 Å². The van der Waals surface area contributed by atoms with Gasteiger partial charge in [0.25, 0.3) is 0 Å². The molecule has 1 N–H and O–H groups in total. The predicted molar refractivity (Wildman–Crippen MR) is 66.7 cm³/mol. The first-order valence-electron chi connectivity index (χ1n) is 6.72. The number of aryl methyl sites for hydroxylation is 1. The van der Waals surface area contributed by atoms with Gasteiger partial charge in [-0.1, -0.05) is 24.4 Å². The van der Waals surface area contributed by atoms with Crippen LogP contribution in [0.5, 0.6) is 0 Å². The Hall–Kier alpha value is -1.41.